The van der Waals surface area contributed by atoms with Crippen LogP contribution in [0.15, 0.2) is 35.3 Å². The zero-order valence-corrected chi connectivity index (χ0v) is 42.2. The second-order valence-corrected chi connectivity index (χ2v) is 20.2. The number of guanidine groups is 1. The van der Waals surface area contributed by atoms with Crippen molar-refractivity contribution < 1.29 is 89.1 Å². The lowest BCUT2D eigenvalue weighted by Crippen LogP contribution is -2.76. The number of rotatable bonds is 15. The Kier molecular flexibility index (Phi) is 16.5. The Labute approximate surface area is 433 Å². The van der Waals surface area contributed by atoms with Crippen molar-refractivity contribution >= 4 is 23.6 Å². The number of aliphatic imine (C=N–C) groups is 1. The molecule has 12 unspecified atom stereocenters. The molecular weight excluding hydrogens is 981 g/mol. The van der Waals surface area contributed by atoms with Crippen molar-refractivity contribution in [3.05, 3.63) is 63.7 Å². The molecule has 0 aliphatic carbocycles. The van der Waals surface area contributed by atoms with E-state index in [0.29, 0.717) is 25.8 Å². The third-order valence-corrected chi connectivity index (χ3v) is 15.1. The molecule has 14 N–H and O–H groups in total. The van der Waals surface area contributed by atoms with Gasteiger partial charge in [-0.1, -0.05) is 56.9 Å². The van der Waals surface area contributed by atoms with Gasteiger partial charge in [0.05, 0.1) is 36.7 Å². The molecule has 22 heteroatoms. The maximum absolute atomic E-state index is 14.5. The number of carboxylic acid groups (broad SMARTS) is 1. The first-order chi connectivity index (χ1) is 35.8. The summed E-state index contributed by atoms with van der Waals surface area (Å²) in [6.07, 6.45) is -11.7. The molecule has 1 spiro atoms. The Morgan fingerprint density at radius 1 is 1.07 bits per heavy atom. The van der Waals surface area contributed by atoms with Gasteiger partial charge >= 0.3 is 11.9 Å². The number of carboxylic acids is 1. The van der Waals surface area contributed by atoms with Gasteiger partial charge in [-0.2, -0.15) is 0 Å². The number of aromatic hydroxyl groups is 2. The summed E-state index contributed by atoms with van der Waals surface area (Å²) >= 11 is 0. The minimum absolute atomic E-state index is 0.0265. The van der Waals surface area contributed by atoms with Crippen LogP contribution in [0.25, 0.3) is 0 Å². The number of carbonyl (C=O) groups is 2. The number of nitrogens with one attached hydrogen (secondary N) is 2. The highest BCUT2D eigenvalue weighted by atomic mass is 16.7. The third-order valence-electron chi connectivity index (χ3n) is 15.1. The van der Waals surface area contributed by atoms with E-state index < -0.39 is 126 Å². The number of hydrogen-bond donors (Lipinski definition) is 13. The Bertz CT molecular complexity index is 2710. The number of aryl methyl sites for hydroxylation is 1. The lowest BCUT2D eigenvalue weighted by Gasteiger charge is -2.55. The molecule has 1 saturated heterocycles. The minimum atomic E-state index is -2.85. The van der Waals surface area contributed by atoms with E-state index in [-0.39, 0.29) is 84.2 Å². The smallest absolute Gasteiger partial charge is 0.344 e. The van der Waals surface area contributed by atoms with Crippen LogP contribution in [0, 0.1) is 29.6 Å². The fraction of sp³-hybridized carbons (Fsp3) is 0.566. The number of nitrogens with two attached hydrogens (primary N) is 1. The fourth-order valence-electron chi connectivity index (χ4n) is 11.0. The number of nitrogens with zero attached hydrogens (tertiary/aromatic N) is 1. The second kappa shape index (κ2) is 22.5. The largest absolute Gasteiger partial charge is 0.504 e. The molecule has 3 aromatic rings. The van der Waals surface area contributed by atoms with Crippen molar-refractivity contribution in [1.29, 1.82) is 0 Å². The number of hydrogen-bond acceptors (Lipinski definition) is 19. The molecule has 22 nitrogen and oxygen atoms in total. The SMILES string of the molecule is CCc1cccc(CCOc2c(O)c3c4c(c2O)C(=O)OC(O)C2(CC4C(O)CCO3)OC3Oc4c(OCN=C(N)NCCCCO)cc(C(=O)O)c5c4CC(C#CCC(O)(C3O)C2O)C(C(O)C(C)C)C(C)N5)c1. The summed E-state index contributed by atoms with van der Waals surface area (Å²) in [7, 11) is 0. The van der Waals surface area contributed by atoms with Crippen LogP contribution in [0.4, 0.5) is 5.69 Å². The van der Waals surface area contributed by atoms with Gasteiger partial charge in [0.2, 0.25) is 24.1 Å². The van der Waals surface area contributed by atoms with E-state index in [0.717, 1.165) is 23.6 Å². The van der Waals surface area contributed by atoms with Crippen molar-refractivity contribution in [1.82, 2.24) is 5.32 Å². The number of ether oxygens (including phenoxy) is 6. The summed E-state index contributed by atoms with van der Waals surface area (Å²) in [6, 6.07) is 8.21. The van der Waals surface area contributed by atoms with E-state index in [1.165, 1.54) is 0 Å². The first-order valence-corrected chi connectivity index (χ1v) is 25.3. The number of aliphatic hydroxyl groups is 7. The number of phenols is 2. The number of benzene rings is 3. The van der Waals surface area contributed by atoms with E-state index >= 15 is 0 Å². The molecule has 4 bridgehead atoms. The highest BCUT2D eigenvalue weighted by Gasteiger charge is 2.68. The summed E-state index contributed by atoms with van der Waals surface area (Å²) in [6.45, 7) is 6.83. The van der Waals surface area contributed by atoms with Crippen molar-refractivity contribution in [2.24, 2.45) is 28.5 Å². The molecule has 3 aromatic carbocycles. The number of carbonyl (C=O) groups excluding carboxylic acids is 1. The molecule has 8 rings (SSSR count). The lowest BCUT2D eigenvalue weighted by molar-refractivity contribution is -0.382. The molecule has 0 aromatic heterocycles. The molecule has 0 radical (unpaired) electrons. The summed E-state index contributed by atoms with van der Waals surface area (Å²) < 4.78 is 36.7. The Balaban J connectivity index is 1.25. The normalized spacial score (nSPS) is 29.4. The third kappa shape index (κ3) is 10.5. The first-order valence-electron chi connectivity index (χ1n) is 25.3. The number of phenolic OH excluding ortho intramolecular Hbond substituents is 2. The molecule has 5 heterocycles. The van der Waals surface area contributed by atoms with Crippen LogP contribution in [0.5, 0.6) is 34.5 Å². The number of anilines is 1. The Morgan fingerprint density at radius 2 is 1.83 bits per heavy atom. The van der Waals surface area contributed by atoms with Crippen molar-refractivity contribution in [3.63, 3.8) is 0 Å². The van der Waals surface area contributed by atoms with E-state index in [2.05, 4.69) is 27.5 Å². The molecule has 0 saturated carbocycles. The molecule has 0 amide bonds. The topological polar surface area (TPSA) is 354 Å². The van der Waals surface area contributed by atoms with Crippen LogP contribution in [0.3, 0.4) is 0 Å². The fourth-order valence-corrected chi connectivity index (χ4v) is 11.0. The zero-order chi connectivity index (χ0) is 54.1. The van der Waals surface area contributed by atoms with E-state index in [1.54, 1.807) is 20.8 Å². The highest BCUT2D eigenvalue weighted by Crippen LogP contribution is 2.58. The molecule has 5 aliphatic rings. The molecular formula is C53H68N4O18. The Morgan fingerprint density at radius 3 is 2.55 bits per heavy atom. The predicted octanol–water partition coefficient (Wildman–Crippen LogP) is 1.74. The van der Waals surface area contributed by atoms with E-state index in [9.17, 15) is 60.7 Å². The van der Waals surface area contributed by atoms with Gasteiger partial charge in [-0.05, 0) is 56.1 Å². The van der Waals surface area contributed by atoms with Crippen molar-refractivity contribution in [2.75, 3.05) is 38.4 Å². The second-order valence-electron chi connectivity index (χ2n) is 20.2. The Hall–Kier alpha value is -6.29. The van der Waals surface area contributed by atoms with Crippen LogP contribution in [-0.2, 0) is 28.7 Å². The van der Waals surface area contributed by atoms with Crippen LogP contribution in [0.2, 0.25) is 0 Å². The van der Waals surface area contributed by atoms with Gasteiger partial charge < -0.3 is 95.9 Å². The predicted molar refractivity (Wildman–Crippen MR) is 267 cm³/mol. The molecule has 75 heavy (non-hydrogen) atoms. The average Bonchev–Trinajstić information content (AvgIpc) is 3.65. The van der Waals surface area contributed by atoms with Gasteiger partial charge in [-0.25, -0.2) is 14.6 Å². The van der Waals surface area contributed by atoms with Gasteiger partial charge in [0.1, 0.15) is 23.4 Å². The van der Waals surface area contributed by atoms with Crippen LogP contribution in [0.1, 0.15) is 109 Å². The summed E-state index contributed by atoms with van der Waals surface area (Å²) in [4.78, 5) is 31.9. The van der Waals surface area contributed by atoms with Crippen LogP contribution < -0.4 is 35.3 Å². The maximum Gasteiger partial charge on any atom is 0.344 e. The number of fused-ring (bicyclic) bond motifs is 3. The number of unbranched alkanes of at least 4 members (excludes halogenated alkanes) is 1. The number of aliphatic hydroxyl groups excluding tert-OH is 6. The monoisotopic (exact) mass is 1050 g/mol. The van der Waals surface area contributed by atoms with Crippen LogP contribution >= 0.6 is 0 Å². The summed E-state index contributed by atoms with van der Waals surface area (Å²) in [5, 5.41) is 123. The maximum atomic E-state index is 14.5. The number of esters is 1. The van der Waals surface area contributed by atoms with E-state index in [1.807, 2.05) is 31.2 Å². The molecule has 408 valence electrons. The summed E-state index contributed by atoms with van der Waals surface area (Å²) in [5.41, 5.74) is 1.35. The van der Waals surface area contributed by atoms with Gasteiger partial charge in [0.15, 0.2) is 41.3 Å². The van der Waals surface area contributed by atoms with Gasteiger partial charge in [0, 0.05) is 73.4 Å². The first kappa shape index (κ1) is 55.0. The molecule has 12 atom stereocenters. The number of cyclic esters (lactones) is 1. The lowest BCUT2D eigenvalue weighted by atomic mass is 9.68. The standard InChI is InChI=1S/C53H68N4O18/c1-5-27-10-8-11-28(20-27)13-18-71-44-40(61)37-36-32(33(59)14-19-70-43(36)41(44)62)23-53(50(68)74-47(37)66)49(67)52(69)15-9-12-29-21-30-38(57-26(4)35(29)39(60)25(2)3)31(46(64)65)22-34(42(30)73-48(75-53)45(52)63)72-24-56-51(54)55-16-6-7-17-58/h8,10-11,20,22,25-26,29,32-33,35,39,45,48-50,57-63,67-69H,5-7,13-19,21,23-24H2,1-4H3,(H,64,65)(H3,54,55,56). The van der Waals surface area contributed by atoms with Crippen LogP contribution in [-0.4, -0.2) is 156 Å². The van der Waals surface area contributed by atoms with Crippen molar-refractivity contribution in [3.8, 4) is 46.3 Å². The van der Waals surface area contributed by atoms with Gasteiger partial charge in [-0.3, -0.25) is 0 Å². The molecule has 5 aliphatic heterocycles. The minimum Gasteiger partial charge on any atom is -0.504 e. The highest BCUT2D eigenvalue weighted by molar-refractivity contribution is 5.98. The summed E-state index contributed by atoms with van der Waals surface area (Å²) in [5.74, 6) is -3.38. The number of aromatic carboxylic acids is 1. The van der Waals surface area contributed by atoms with E-state index in [4.69, 9.17) is 34.2 Å². The quantitative estimate of drug-likeness (QED) is 0.0339. The van der Waals surface area contributed by atoms with Gasteiger partial charge in [-0.15, -0.1) is 0 Å². The average molecular weight is 1050 g/mol. The van der Waals surface area contributed by atoms with Crippen molar-refractivity contribution in [2.45, 2.75) is 139 Å². The zero-order valence-electron chi connectivity index (χ0n) is 42.2. The molecule has 1 fully saturated rings. The van der Waals surface area contributed by atoms with Gasteiger partial charge in [0.25, 0.3) is 0 Å².